The molecule has 1 aliphatic carbocycles. The molecule has 49 heavy (non-hydrogen) atoms. The number of aromatic nitrogens is 4. The molecule has 9 rings (SSSR count). The van der Waals surface area contributed by atoms with Crippen LogP contribution in [0, 0.1) is 0 Å². The maximum Gasteiger partial charge on any atom is 0.164 e. The van der Waals surface area contributed by atoms with Crippen LogP contribution in [0.4, 0.5) is 0 Å². The van der Waals surface area contributed by atoms with E-state index in [0.717, 1.165) is 50.0 Å². The maximum absolute atomic E-state index is 5.42. The predicted octanol–water partition coefficient (Wildman–Crippen LogP) is 11.1. The average molecular weight is 629 g/mol. The van der Waals surface area contributed by atoms with E-state index in [0.29, 0.717) is 17.5 Å². The Morgan fingerprint density at radius 3 is 1.57 bits per heavy atom. The predicted molar refractivity (Wildman–Crippen MR) is 200 cm³/mol. The minimum Gasteiger partial charge on any atom is -0.247 e. The van der Waals surface area contributed by atoms with Gasteiger partial charge in [0.2, 0.25) is 0 Å². The summed E-state index contributed by atoms with van der Waals surface area (Å²) in [4.78, 5) is 20.4. The summed E-state index contributed by atoms with van der Waals surface area (Å²) >= 11 is 0. The summed E-state index contributed by atoms with van der Waals surface area (Å²) in [7, 11) is 0. The van der Waals surface area contributed by atoms with Crippen molar-refractivity contribution < 1.29 is 0 Å². The Bertz CT molecular complexity index is 2450. The molecule has 6 aromatic carbocycles. The molecule has 2 aromatic heterocycles. The molecular weight excluding hydrogens is 597 g/mol. The van der Waals surface area contributed by atoms with E-state index >= 15 is 0 Å². The van der Waals surface area contributed by atoms with Crippen LogP contribution in [0.3, 0.4) is 0 Å². The van der Waals surface area contributed by atoms with Crippen LogP contribution < -0.4 is 0 Å². The Labute approximate surface area is 285 Å². The molecule has 8 aromatic rings. The van der Waals surface area contributed by atoms with Crippen molar-refractivity contribution in [3.8, 4) is 67.7 Å². The van der Waals surface area contributed by atoms with Crippen LogP contribution in [0.25, 0.3) is 78.6 Å². The van der Waals surface area contributed by atoms with Crippen LogP contribution in [-0.4, -0.2) is 19.9 Å². The van der Waals surface area contributed by atoms with Crippen molar-refractivity contribution in [2.75, 3.05) is 0 Å². The van der Waals surface area contributed by atoms with E-state index in [1.54, 1.807) is 0 Å². The SMILES string of the molecule is CC1(C)c2ccccc2-c2ccc3c(-c4cccc(-c5nc(-c6ccccc6)nc(-c6ccccc6)n5)c4)cc(-c4ccccc4)nc3c21. The smallest absolute Gasteiger partial charge is 0.164 e. The van der Waals surface area contributed by atoms with Crippen molar-refractivity contribution in [1.82, 2.24) is 19.9 Å². The van der Waals surface area contributed by atoms with E-state index in [-0.39, 0.29) is 5.41 Å². The van der Waals surface area contributed by atoms with Gasteiger partial charge in [0.15, 0.2) is 17.5 Å². The summed E-state index contributed by atoms with van der Waals surface area (Å²) in [5.41, 5.74) is 13.1. The van der Waals surface area contributed by atoms with Gasteiger partial charge in [0.05, 0.1) is 11.2 Å². The lowest BCUT2D eigenvalue weighted by atomic mass is 9.80. The zero-order valence-electron chi connectivity index (χ0n) is 27.3. The van der Waals surface area contributed by atoms with Gasteiger partial charge in [-0.3, -0.25) is 0 Å². The quantitative estimate of drug-likeness (QED) is 0.190. The summed E-state index contributed by atoms with van der Waals surface area (Å²) in [6, 6.07) is 54.8. The van der Waals surface area contributed by atoms with E-state index in [9.17, 15) is 0 Å². The highest BCUT2D eigenvalue weighted by Crippen LogP contribution is 2.52. The van der Waals surface area contributed by atoms with E-state index in [1.165, 1.54) is 22.3 Å². The standard InChI is InChI=1S/C45H32N4/c1-45(2)38-24-13-12-23-34(38)35-25-26-36-37(28-39(46-41(36)40(35)45)29-15-6-3-7-16-29)32-21-14-22-33(27-32)44-48-42(30-17-8-4-9-18-30)47-43(49-44)31-19-10-5-11-20-31/h3-28H,1-2H3. The lowest BCUT2D eigenvalue weighted by Gasteiger charge is -2.23. The zero-order valence-corrected chi connectivity index (χ0v) is 27.3. The third-order valence-electron chi connectivity index (χ3n) is 9.70. The number of hydrogen-bond donors (Lipinski definition) is 0. The monoisotopic (exact) mass is 628 g/mol. The van der Waals surface area contributed by atoms with Crippen LogP contribution >= 0.6 is 0 Å². The van der Waals surface area contributed by atoms with Gasteiger partial charge < -0.3 is 0 Å². The number of pyridine rings is 1. The maximum atomic E-state index is 5.42. The molecule has 0 saturated carbocycles. The first kappa shape index (κ1) is 28.9. The fraction of sp³-hybridized carbons (Fsp3) is 0.0667. The van der Waals surface area contributed by atoms with Gasteiger partial charge in [-0.05, 0) is 45.5 Å². The molecule has 0 amide bonds. The summed E-state index contributed by atoms with van der Waals surface area (Å²) in [6.07, 6.45) is 0. The first-order chi connectivity index (χ1) is 24.0. The number of benzene rings is 6. The summed E-state index contributed by atoms with van der Waals surface area (Å²) in [6.45, 7) is 4.65. The van der Waals surface area contributed by atoms with E-state index in [4.69, 9.17) is 19.9 Å². The number of nitrogens with zero attached hydrogens (tertiary/aromatic N) is 4. The zero-order chi connectivity index (χ0) is 33.0. The molecule has 0 spiro atoms. The Hall–Kier alpha value is -6.26. The lowest BCUT2D eigenvalue weighted by molar-refractivity contribution is 0.665. The molecule has 4 heteroatoms. The van der Waals surface area contributed by atoms with Crippen molar-refractivity contribution in [1.29, 1.82) is 0 Å². The van der Waals surface area contributed by atoms with Crippen LogP contribution in [0.5, 0.6) is 0 Å². The molecule has 4 nitrogen and oxygen atoms in total. The van der Waals surface area contributed by atoms with E-state index < -0.39 is 0 Å². The molecule has 2 heterocycles. The highest BCUT2D eigenvalue weighted by Gasteiger charge is 2.37. The Balaban J connectivity index is 1.26. The van der Waals surface area contributed by atoms with Crippen LogP contribution in [-0.2, 0) is 5.41 Å². The van der Waals surface area contributed by atoms with Gasteiger partial charge in [0.1, 0.15) is 0 Å². The number of hydrogen-bond acceptors (Lipinski definition) is 4. The number of fused-ring (bicyclic) bond motifs is 5. The normalized spacial score (nSPS) is 12.9. The molecule has 0 radical (unpaired) electrons. The Morgan fingerprint density at radius 1 is 0.388 bits per heavy atom. The fourth-order valence-corrected chi connectivity index (χ4v) is 7.31. The van der Waals surface area contributed by atoms with Crippen molar-refractivity contribution >= 4 is 10.9 Å². The molecule has 0 aliphatic heterocycles. The summed E-state index contributed by atoms with van der Waals surface area (Å²) < 4.78 is 0. The number of rotatable bonds is 5. The van der Waals surface area contributed by atoms with E-state index in [2.05, 4.69) is 111 Å². The van der Waals surface area contributed by atoms with Crippen LogP contribution in [0.2, 0.25) is 0 Å². The lowest BCUT2D eigenvalue weighted by Crippen LogP contribution is -2.16. The first-order valence-corrected chi connectivity index (χ1v) is 16.7. The molecule has 232 valence electrons. The van der Waals surface area contributed by atoms with E-state index in [1.807, 2.05) is 60.7 Å². The highest BCUT2D eigenvalue weighted by molar-refractivity contribution is 6.03. The third-order valence-corrected chi connectivity index (χ3v) is 9.70. The molecule has 0 bridgehead atoms. The molecule has 0 atom stereocenters. The minimum absolute atomic E-state index is 0.195. The fourth-order valence-electron chi connectivity index (χ4n) is 7.31. The van der Waals surface area contributed by atoms with Gasteiger partial charge in [-0.1, -0.05) is 159 Å². The average Bonchev–Trinajstić information content (AvgIpc) is 3.41. The molecular formula is C45H32N4. The summed E-state index contributed by atoms with van der Waals surface area (Å²) in [5, 5.41) is 1.13. The van der Waals surface area contributed by atoms with Gasteiger partial charge in [-0.25, -0.2) is 19.9 Å². The van der Waals surface area contributed by atoms with Gasteiger partial charge >= 0.3 is 0 Å². The van der Waals surface area contributed by atoms with Crippen molar-refractivity contribution in [2.24, 2.45) is 0 Å². The molecule has 0 N–H and O–H groups in total. The van der Waals surface area contributed by atoms with Gasteiger partial charge in [-0.15, -0.1) is 0 Å². The van der Waals surface area contributed by atoms with Gasteiger partial charge in [-0.2, -0.15) is 0 Å². The second-order valence-electron chi connectivity index (χ2n) is 13.1. The summed E-state index contributed by atoms with van der Waals surface area (Å²) in [5.74, 6) is 1.93. The highest BCUT2D eigenvalue weighted by atomic mass is 15.0. The van der Waals surface area contributed by atoms with Crippen molar-refractivity contribution in [3.63, 3.8) is 0 Å². The van der Waals surface area contributed by atoms with Gasteiger partial charge in [0, 0.05) is 33.1 Å². The molecule has 0 saturated heterocycles. The van der Waals surface area contributed by atoms with Crippen LogP contribution in [0.15, 0.2) is 158 Å². The largest absolute Gasteiger partial charge is 0.247 e. The molecule has 0 unspecified atom stereocenters. The van der Waals surface area contributed by atoms with Gasteiger partial charge in [0.25, 0.3) is 0 Å². The topological polar surface area (TPSA) is 51.6 Å². The molecule has 0 fully saturated rings. The Kier molecular flexibility index (Phi) is 6.77. The Morgan fingerprint density at radius 2 is 0.918 bits per heavy atom. The second-order valence-corrected chi connectivity index (χ2v) is 13.1. The minimum atomic E-state index is -0.195. The van der Waals surface area contributed by atoms with Crippen molar-refractivity contribution in [2.45, 2.75) is 19.3 Å². The third kappa shape index (κ3) is 4.92. The van der Waals surface area contributed by atoms with Crippen molar-refractivity contribution in [3.05, 3.63) is 169 Å². The first-order valence-electron chi connectivity index (χ1n) is 16.7. The second kappa shape index (κ2) is 11.5. The van der Waals surface area contributed by atoms with Crippen LogP contribution in [0.1, 0.15) is 25.0 Å². The molecule has 1 aliphatic rings.